The van der Waals surface area contributed by atoms with E-state index in [9.17, 15) is 17.6 Å². The van der Waals surface area contributed by atoms with Gasteiger partial charge < -0.3 is 18.9 Å². The van der Waals surface area contributed by atoms with Crippen molar-refractivity contribution < 1.29 is 36.5 Å². The Hall–Kier alpha value is -8.22. The lowest BCUT2D eigenvalue weighted by Crippen LogP contribution is -2.01. The fourth-order valence-electron chi connectivity index (χ4n) is 10.4. The van der Waals surface area contributed by atoms with Gasteiger partial charge in [-0.1, -0.05) is 121 Å². The molecule has 0 saturated heterocycles. The predicted molar refractivity (Wildman–Crippen MR) is 327 cm³/mol. The van der Waals surface area contributed by atoms with Crippen molar-refractivity contribution in [3.8, 4) is 67.5 Å². The number of benzene rings is 12. The predicted octanol–water partition coefficient (Wildman–Crippen LogP) is 21.0. The first-order valence-electron chi connectivity index (χ1n) is 25.9. The summed E-state index contributed by atoms with van der Waals surface area (Å²) in [5.74, 6) is 0.768. The Morgan fingerprint density at radius 3 is 0.963 bits per heavy atom. The van der Waals surface area contributed by atoms with Crippen LogP contribution in [0.1, 0.15) is 22.3 Å². The van der Waals surface area contributed by atoms with E-state index in [1.165, 1.54) is 48.5 Å². The van der Waals surface area contributed by atoms with Gasteiger partial charge in [0.15, 0.2) is 0 Å². The zero-order valence-electron chi connectivity index (χ0n) is 43.0. The van der Waals surface area contributed by atoms with Gasteiger partial charge in [-0.3, -0.25) is 0 Å². The molecule has 0 amide bonds. The lowest BCUT2D eigenvalue weighted by molar-refractivity contribution is 0.305. The SMILES string of the molecule is Fc1ccc(OCc2cccc(-c3c4ccc(Br)cc4c(-c4cccc(COc5ccc(F)cc5)c4)c4c(-c5ccc(Br)c(COc6ccc(F)cc6)c5)c5ccc(Br)cc5c(-c5cccc(COc6ccc(F)cc6)c5)c34)c2)cc1. The van der Waals surface area contributed by atoms with Crippen LogP contribution in [0.4, 0.5) is 17.6 Å². The van der Waals surface area contributed by atoms with E-state index in [1.54, 1.807) is 48.5 Å². The smallest absolute Gasteiger partial charge is 0.123 e. The van der Waals surface area contributed by atoms with Gasteiger partial charge in [-0.05, 0) is 245 Å². The zero-order valence-corrected chi connectivity index (χ0v) is 47.7. The second kappa shape index (κ2) is 23.5. The van der Waals surface area contributed by atoms with Gasteiger partial charge >= 0.3 is 0 Å². The molecule has 12 aromatic rings. The molecule has 0 aliphatic heterocycles. The van der Waals surface area contributed by atoms with E-state index in [0.29, 0.717) is 23.0 Å². The Bertz CT molecular complexity index is 4310. The van der Waals surface area contributed by atoms with Crippen molar-refractivity contribution in [1.82, 2.24) is 0 Å². The second-order valence-corrected chi connectivity index (χ2v) is 22.2. The third-order valence-electron chi connectivity index (χ3n) is 14.1. The Morgan fingerprint density at radius 2 is 0.605 bits per heavy atom. The summed E-state index contributed by atoms with van der Waals surface area (Å²) in [6.45, 7) is 0.841. The van der Waals surface area contributed by atoms with Crippen LogP contribution in [0.5, 0.6) is 23.0 Å². The molecule has 0 unspecified atom stereocenters. The minimum atomic E-state index is -0.352. The van der Waals surface area contributed by atoms with Crippen molar-refractivity contribution in [2.75, 3.05) is 0 Å². The highest BCUT2D eigenvalue weighted by Crippen LogP contribution is 2.55. The third kappa shape index (κ3) is 11.7. The number of halogens is 7. The minimum Gasteiger partial charge on any atom is -0.489 e. The Morgan fingerprint density at radius 1 is 0.284 bits per heavy atom. The molecule has 0 atom stereocenters. The van der Waals surface area contributed by atoms with Gasteiger partial charge in [0, 0.05) is 19.0 Å². The summed E-state index contributed by atoms with van der Waals surface area (Å²) in [6.07, 6.45) is 0. The van der Waals surface area contributed by atoms with Gasteiger partial charge in [-0.15, -0.1) is 0 Å². The molecule has 81 heavy (non-hydrogen) atoms. The van der Waals surface area contributed by atoms with Crippen LogP contribution in [0.15, 0.2) is 238 Å². The lowest BCUT2D eigenvalue weighted by atomic mass is 9.77. The molecule has 12 aromatic carbocycles. The molecule has 0 radical (unpaired) electrons. The summed E-state index contributed by atoms with van der Waals surface area (Å²) >= 11 is 11.7. The molecule has 0 spiro atoms. The van der Waals surface area contributed by atoms with Crippen LogP contribution in [0.25, 0.3) is 76.8 Å². The van der Waals surface area contributed by atoms with Gasteiger partial charge in [-0.2, -0.15) is 0 Å². The number of hydrogen-bond acceptors (Lipinski definition) is 4. The average molecular weight is 1270 g/mol. The first-order chi connectivity index (χ1) is 39.5. The van der Waals surface area contributed by atoms with Crippen LogP contribution >= 0.6 is 47.8 Å². The lowest BCUT2D eigenvalue weighted by Gasteiger charge is -2.26. The molecule has 0 aliphatic rings. The van der Waals surface area contributed by atoms with Crippen LogP contribution in [0, 0.1) is 23.3 Å². The first-order valence-corrected chi connectivity index (χ1v) is 28.3. The van der Waals surface area contributed by atoms with Crippen LogP contribution in [0.3, 0.4) is 0 Å². The van der Waals surface area contributed by atoms with Gasteiger partial charge in [0.25, 0.3) is 0 Å². The van der Waals surface area contributed by atoms with Gasteiger partial charge in [0.05, 0.1) is 0 Å². The molecule has 0 saturated carbocycles. The maximum atomic E-state index is 14.1. The summed E-state index contributed by atoms with van der Waals surface area (Å²) in [6, 6.07) is 68.4. The Labute approximate surface area is 490 Å². The largest absolute Gasteiger partial charge is 0.489 e. The molecule has 12 rings (SSSR count). The van der Waals surface area contributed by atoms with Gasteiger partial charge in [0.1, 0.15) is 72.7 Å². The zero-order chi connectivity index (χ0) is 55.6. The Kier molecular flexibility index (Phi) is 15.5. The first kappa shape index (κ1) is 53.4. The molecular weight excluding hydrogens is 1220 g/mol. The molecule has 0 N–H and O–H groups in total. The highest BCUT2D eigenvalue weighted by Gasteiger charge is 2.27. The number of rotatable bonds is 16. The van der Waals surface area contributed by atoms with E-state index < -0.39 is 0 Å². The summed E-state index contributed by atoms with van der Waals surface area (Å²) in [7, 11) is 0. The topological polar surface area (TPSA) is 36.9 Å². The highest BCUT2D eigenvalue weighted by atomic mass is 79.9. The maximum Gasteiger partial charge on any atom is 0.123 e. The van der Waals surface area contributed by atoms with E-state index >= 15 is 0 Å². The van der Waals surface area contributed by atoms with Crippen LogP contribution in [-0.4, -0.2) is 0 Å². The molecule has 0 aliphatic carbocycles. The highest BCUT2D eigenvalue weighted by molar-refractivity contribution is 9.11. The van der Waals surface area contributed by atoms with E-state index in [-0.39, 0.29) is 49.7 Å². The fourth-order valence-corrected chi connectivity index (χ4v) is 11.5. The molecule has 4 nitrogen and oxygen atoms in total. The molecule has 0 heterocycles. The summed E-state index contributed by atoms with van der Waals surface area (Å²) < 4.78 is 84.0. The van der Waals surface area contributed by atoms with Crippen molar-refractivity contribution in [2.45, 2.75) is 26.4 Å². The normalized spacial score (nSPS) is 11.3. The quantitative estimate of drug-likeness (QED) is 0.0714. The van der Waals surface area contributed by atoms with Crippen molar-refractivity contribution in [1.29, 1.82) is 0 Å². The minimum absolute atomic E-state index is 0.184. The number of ether oxygens (including phenoxy) is 4. The van der Waals surface area contributed by atoms with Crippen LogP contribution < -0.4 is 18.9 Å². The van der Waals surface area contributed by atoms with Gasteiger partial charge in [0.2, 0.25) is 0 Å². The summed E-state index contributed by atoms with van der Waals surface area (Å²) in [4.78, 5) is 0. The van der Waals surface area contributed by atoms with Crippen molar-refractivity contribution in [3.05, 3.63) is 283 Å². The van der Waals surface area contributed by atoms with Crippen molar-refractivity contribution in [2.24, 2.45) is 0 Å². The van der Waals surface area contributed by atoms with E-state index in [2.05, 4.69) is 133 Å². The Balaban J connectivity index is 1.18. The van der Waals surface area contributed by atoms with Crippen molar-refractivity contribution >= 4 is 80.1 Å². The summed E-state index contributed by atoms with van der Waals surface area (Å²) in [5.41, 5.74) is 11.1. The molecule has 11 heteroatoms. The van der Waals surface area contributed by atoms with Crippen LogP contribution in [0.2, 0.25) is 0 Å². The number of fused-ring (bicyclic) bond motifs is 3. The van der Waals surface area contributed by atoms with Gasteiger partial charge in [-0.25, -0.2) is 17.6 Å². The van der Waals surface area contributed by atoms with E-state index in [4.69, 9.17) is 18.9 Å². The van der Waals surface area contributed by atoms with Crippen molar-refractivity contribution in [3.63, 3.8) is 0 Å². The average Bonchev–Trinajstić information content (AvgIpc) is 3.66. The standard InChI is InChI=1S/C70H45Br3F4O4/c71-50-11-29-60-62(36-50)68(47-9-3-6-44(34-47)40-80-58-25-17-54(76)18-26-58)70-66(48-10-31-64(73)49(35-48)41-81-59-27-19-55(77)20-28-59)61-30-12-51(72)37-63(61)67(46-8-2-5-43(33-46)39-79-57-23-15-53(75)16-24-57)69(70)65(60)45-7-1-4-42(32-45)38-78-56-21-13-52(74)14-22-56/h1-37H,38-41H2. The molecule has 0 bridgehead atoms. The maximum absolute atomic E-state index is 14.1. The molecule has 0 aromatic heterocycles. The van der Waals surface area contributed by atoms with E-state index in [1.807, 2.05) is 42.5 Å². The fraction of sp³-hybridized carbons (Fsp3) is 0.0571. The number of hydrogen-bond donors (Lipinski definition) is 0. The van der Waals surface area contributed by atoms with E-state index in [0.717, 1.165) is 112 Å². The second-order valence-electron chi connectivity index (χ2n) is 19.5. The molecule has 398 valence electrons. The summed E-state index contributed by atoms with van der Waals surface area (Å²) in [5, 5.41) is 5.82. The molecular formula is C70H45Br3F4O4. The molecule has 0 fully saturated rings. The van der Waals surface area contributed by atoms with Crippen LogP contribution in [-0.2, 0) is 26.4 Å². The third-order valence-corrected chi connectivity index (χ3v) is 15.9. The monoisotopic (exact) mass is 1260 g/mol.